The van der Waals surface area contributed by atoms with Crippen LogP contribution in [-0.4, -0.2) is 70.0 Å². The van der Waals surface area contributed by atoms with E-state index in [0.29, 0.717) is 28.9 Å². The van der Waals surface area contributed by atoms with Gasteiger partial charge >= 0.3 is 0 Å². The summed E-state index contributed by atoms with van der Waals surface area (Å²) >= 11 is 0. The number of aliphatic hydroxyl groups is 4. The number of ether oxygens (including phenoxy) is 3. The highest BCUT2D eigenvalue weighted by Crippen LogP contribution is 2.38. The number of phenols is 1. The smallest absolute Gasteiger partial charge is 0.239 e. The largest absolute Gasteiger partial charge is 0.507 e. The minimum atomic E-state index is -1.68. The maximum absolute atomic E-state index is 14.0. The van der Waals surface area contributed by atoms with Gasteiger partial charge in [0.15, 0.2) is 5.76 Å². The van der Waals surface area contributed by atoms with Gasteiger partial charge in [-0.05, 0) is 69.5 Å². The molecule has 10 nitrogen and oxygen atoms in total. The fourth-order valence-electron chi connectivity index (χ4n) is 4.57. The maximum atomic E-state index is 14.0. The molecule has 1 saturated heterocycles. The van der Waals surface area contributed by atoms with Crippen LogP contribution >= 0.6 is 0 Å². The van der Waals surface area contributed by atoms with Crippen LogP contribution in [0.2, 0.25) is 0 Å². The highest BCUT2D eigenvalue weighted by molar-refractivity contribution is 5.90. The fourth-order valence-corrected chi connectivity index (χ4v) is 4.57. The van der Waals surface area contributed by atoms with Gasteiger partial charge in [0.05, 0.1) is 13.2 Å². The minimum Gasteiger partial charge on any atom is -0.507 e. The van der Waals surface area contributed by atoms with Crippen LogP contribution in [-0.2, 0) is 17.6 Å². The molecule has 0 amide bonds. The molecule has 10 heteroatoms. The maximum Gasteiger partial charge on any atom is 0.239 e. The van der Waals surface area contributed by atoms with Gasteiger partial charge in [0.1, 0.15) is 40.8 Å². The molecular formula is C29H34O10. The topological polar surface area (TPSA) is 159 Å². The molecule has 5 atom stereocenters. The van der Waals surface area contributed by atoms with E-state index in [4.69, 9.17) is 18.6 Å². The van der Waals surface area contributed by atoms with Crippen LogP contribution in [0.3, 0.4) is 0 Å². The lowest BCUT2D eigenvalue weighted by molar-refractivity contribution is -0.268. The number of aromatic hydroxyl groups is 1. The molecule has 0 bridgehead atoms. The van der Waals surface area contributed by atoms with E-state index in [1.165, 1.54) is 20.1 Å². The quantitative estimate of drug-likeness (QED) is 0.268. The Kier molecular flexibility index (Phi) is 8.63. The number of allylic oxidation sites excluding steroid dienone is 2. The van der Waals surface area contributed by atoms with E-state index >= 15 is 0 Å². The highest BCUT2D eigenvalue weighted by atomic mass is 16.7. The van der Waals surface area contributed by atoms with Gasteiger partial charge < -0.3 is 44.2 Å². The first-order chi connectivity index (χ1) is 18.6. The third-order valence-electron chi connectivity index (χ3n) is 6.79. The Balaban J connectivity index is 1.99. The zero-order valence-electron chi connectivity index (χ0n) is 22.2. The summed E-state index contributed by atoms with van der Waals surface area (Å²) in [5.41, 5.74) is 2.11. The molecule has 1 aromatic heterocycles. The molecule has 5 N–H and O–H groups in total. The summed E-state index contributed by atoms with van der Waals surface area (Å²) in [5, 5.41) is 51.3. The first kappa shape index (κ1) is 28.6. The van der Waals surface area contributed by atoms with Gasteiger partial charge in [-0.15, -0.1) is 0 Å². The molecule has 0 radical (unpaired) electrons. The summed E-state index contributed by atoms with van der Waals surface area (Å²) in [6.07, 6.45) is -4.48. The van der Waals surface area contributed by atoms with Gasteiger partial charge in [-0.3, -0.25) is 4.79 Å². The van der Waals surface area contributed by atoms with E-state index in [0.717, 1.165) is 5.57 Å². The van der Waals surface area contributed by atoms with Crippen LogP contribution < -0.4 is 14.9 Å². The third-order valence-corrected chi connectivity index (χ3v) is 6.79. The lowest BCUT2D eigenvalue weighted by atomic mass is 9.96. The van der Waals surface area contributed by atoms with Crippen molar-refractivity contribution in [2.45, 2.75) is 64.3 Å². The van der Waals surface area contributed by atoms with Crippen molar-refractivity contribution in [1.82, 2.24) is 0 Å². The van der Waals surface area contributed by atoms with Crippen molar-refractivity contribution in [1.29, 1.82) is 0 Å². The van der Waals surface area contributed by atoms with Gasteiger partial charge in [0, 0.05) is 17.7 Å². The molecule has 1 aliphatic heterocycles. The zero-order chi connectivity index (χ0) is 28.4. The van der Waals surface area contributed by atoms with Crippen LogP contribution in [0.25, 0.3) is 22.3 Å². The van der Waals surface area contributed by atoms with Crippen LogP contribution in [0, 0.1) is 0 Å². The fraction of sp³-hybridized carbons (Fsp3) is 0.414. The van der Waals surface area contributed by atoms with Crippen molar-refractivity contribution in [3.63, 3.8) is 0 Å². The Labute approximate surface area is 225 Å². The Bertz CT molecular complexity index is 1400. The number of phenolic OH excluding ortho intramolecular Hbond substituents is 1. The lowest BCUT2D eigenvalue weighted by Gasteiger charge is -2.38. The Morgan fingerprint density at radius 3 is 2.38 bits per heavy atom. The van der Waals surface area contributed by atoms with Crippen molar-refractivity contribution in [2.24, 2.45) is 0 Å². The number of methoxy groups -OCH3 is 1. The first-order valence-corrected chi connectivity index (χ1v) is 12.7. The second-order valence-electron chi connectivity index (χ2n) is 9.81. The average molecular weight is 543 g/mol. The predicted octanol–water partition coefficient (Wildman–Crippen LogP) is 2.42. The molecular weight excluding hydrogens is 508 g/mol. The van der Waals surface area contributed by atoms with Gasteiger partial charge in [0.25, 0.3) is 0 Å². The molecule has 39 heavy (non-hydrogen) atoms. The Morgan fingerprint density at radius 1 is 1.08 bits per heavy atom. The number of rotatable bonds is 8. The van der Waals surface area contributed by atoms with Crippen LogP contribution in [0.1, 0.15) is 31.9 Å². The summed E-state index contributed by atoms with van der Waals surface area (Å²) < 4.78 is 23.0. The molecule has 4 rings (SSSR count). The van der Waals surface area contributed by atoms with E-state index < -0.39 is 36.1 Å². The SMILES string of the molecule is COc1ccc(-c2oc3c(CC=C(C)C)c(CCO)cc(O)c3c(=O)c2O[C@@H]2O[C@@H](C)[C@H](O)[C@@H](O)[C@H]2O)cc1. The molecule has 0 unspecified atom stereocenters. The van der Waals surface area contributed by atoms with Gasteiger partial charge in [-0.25, -0.2) is 0 Å². The van der Waals surface area contributed by atoms with Crippen molar-refractivity contribution in [3.8, 4) is 28.6 Å². The molecule has 2 aromatic carbocycles. The van der Waals surface area contributed by atoms with Crippen molar-refractivity contribution >= 4 is 11.0 Å². The van der Waals surface area contributed by atoms with Crippen molar-refractivity contribution in [2.75, 3.05) is 13.7 Å². The third kappa shape index (κ3) is 5.66. The first-order valence-electron chi connectivity index (χ1n) is 12.7. The average Bonchev–Trinajstić information content (AvgIpc) is 2.91. The van der Waals surface area contributed by atoms with Crippen LogP contribution in [0.15, 0.2) is 51.2 Å². The summed E-state index contributed by atoms with van der Waals surface area (Å²) in [6, 6.07) is 8.07. The number of aliphatic hydroxyl groups excluding tert-OH is 4. The number of fused-ring (bicyclic) bond motifs is 1. The minimum absolute atomic E-state index is 0.00165. The van der Waals surface area contributed by atoms with Crippen LogP contribution in [0.4, 0.5) is 0 Å². The molecule has 2 heterocycles. The normalized spacial score (nSPS) is 23.0. The predicted molar refractivity (Wildman–Crippen MR) is 143 cm³/mol. The van der Waals surface area contributed by atoms with E-state index in [-0.39, 0.29) is 41.3 Å². The number of benzene rings is 2. The van der Waals surface area contributed by atoms with Gasteiger partial charge in [-0.2, -0.15) is 0 Å². The van der Waals surface area contributed by atoms with E-state index in [9.17, 15) is 30.3 Å². The Morgan fingerprint density at radius 2 is 1.77 bits per heavy atom. The second-order valence-corrected chi connectivity index (χ2v) is 9.81. The van der Waals surface area contributed by atoms with E-state index in [1.807, 2.05) is 19.9 Å². The molecule has 210 valence electrons. The monoisotopic (exact) mass is 542 g/mol. The van der Waals surface area contributed by atoms with E-state index in [1.54, 1.807) is 24.3 Å². The molecule has 0 aliphatic carbocycles. The summed E-state index contributed by atoms with van der Waals surface area (Å²) in [5.74, 6) is -0.152. The van der Waals surface area contributed by atoms with Crippen molar-refractivity contribution < 1.29 is 44.2 Å². The molecule has 0 spiro atoms. The standard InChI is InChI=1S/C29H34O10/c1-14(2)5-10-19-17(11-12-30)13-20(31)21-23(33)28(39-29-25(35)24(34)22(32)15(3)37-29)26(38-27(19)21)16-6-8-18(36-4)9-7-16/h5-9,13,15,22,24-25,29-32,34-35H,10-12H2,1-4H3/t15-,22-,24+,25+,29-/m0/s1. The summed E-state index contributed by atoms with van der Waals surface area (Å²) in [7, 11) is 1.52. The molecule has 1 fully saturated rings. The Hall–Kier alpha value is -3.41. The lowest BCUT2D eigenvalue weighted by Crippen LogP contribution is -2.58. The van der Waals surface area contributed by atoms with E-state index in [2.05, 4.69) is 0 Å². The zero-order valence-corrected chi connectivity index (χ0v) is 22.2. The molecule has 3 aromatic rings. The molecule has 1 aliphatic rings. The summed E-state index contributed by atoms with van der Waals surface area (Å²) in [4.78, 5) is 14.0. The van der Waals surface area contributed by atoms with Gasteiger partial charge in [-0.1, -0.05) is 11.6 Å². The van der Waals surface area contributed by atoms with Crippen LogP contribution in [0.5, 0.6) is 17.2 Å². The second kappa shape index (κ2) is 11.8. The highest BCUT2D eigenvalue weighted by Gasteiger charge is 2.44. The van der Waals surface area contributed by atoms with Crippen molar-refractivity contribution in [3.05, 3.63) is 63.3 Å². The number of hydrogen-bond donors (Lipinski definition) is 5. The van der Waals surface area contributed by atoms with Gasteiger partial charge in [0.2, 0.25) is 17.5 Å². The molecule has 0 saturated carbocycles. The summed E-state index contributed by atoms with van der Waals surface area (Å²) in [6.45, 7) is 5.18. The number of hydrogen-bond acceptors (Lipinski definition) is 10.